The average Bonchev–Trinajstić information content (AvgIpc) is 2.44. The van der Waals surface area contributed by atoms with Crippen LogP contribution in [0.5, 0.6) is 11.5 Å². The molecule has 7 heteroatoms. The van der Waals surface area contributed by atoms with Crippen LogP contribution >= 0.6 is 11.8 Å². The average molecular weight is 322 g/mol. The lowest BCUT2D eigenvalue weighted by molar-refractivity contribution is 0.454. The quantitative estimate of drug-likeness (QED) is 0.805. The maximum atomic E-state index is 11.8. The lowest BCUT2D eigenvalue weighted by Gasteiger charge is -2.20. The van der Waals surface area contributed by atoms with Crippen LogP contribution in [-0.2, 0) is 10.2 Å². The van der Waals surface area contributed by atoms with E-state index < -0.39 is 10.2 Å². The van der Waals surface area contributed by atoms with Gasteiger partial charge in [0.1, 0.15) is 11.5 Å². The number of ether oxygens (including phenoxy) is 1. The number of hydrogen-bond donors (Lipinski definition) is 1. The van der Waals surface area contributed by atoms with E-state index in [1.807, 2.05) is 24.3 Å². The zero-order valence-electron chi connectivity index (χ0n) is 11.5. The summed E-state index contributed by atoms with van der Waals surface area (Å²) in [5, 5.41) is 0. The summed E-state index contributed by atoms with van der Waals surface area (Å²) >= 11 is 1.56. The second-order valence-corrected chi connectivity index (χ2v) is 7.67. The summed E-state index contributed by atoms with van der Waals surface area (Å²) in [4.78, 5) is 1.89. The monoisotopic (exact) mass is 322 g/mol. The van der Waals surface area contributed by atoms with Gasteiger partial charge in [-0.15, -0.1) is 0 Å². The van der Waals surface area contributed by atoms with Gasteiger partial charge >= 0.3 is 10.2 Å². The highest BCUT2D eigenvalue weighted by atomic mass is 32.2. The van der Waals surface area contributed by atoms with Crippen molar-refractivity contribution in [2.24, 2.45) is 0 Å². The molecule has 5 nitrogen and oxygen atoms in total. The molecule has 0 amide bonds. The molecule has 0 aromatic heterocycles. The first kappa shape index (κ1) is 14.2. The number of nitrogens with one attached hydrogen (secondary N) is 1. The molecule has 0 unspecified atom stereocenters. The zero-order valence-corrected chi connectivity index (χ0v) is 13.2. The second kappa shape index (κ2) is 5.25. The van der Waals surface area contributed by atoms with Crippen LogP contribution in [0.25, 0.3) is 0 Å². The predicted octanol–water partition coefficient (Wildman–Crippen LogP) is 3.16. The highest BCUT2D eigenvalue weighted by Gasteiger charge is 2.19. The molecule has 1 heterocycles. The fourth-order valence-corrected chi connectivity index (χ4v) is 3.43. The summed E-state index contributed by atoms with van der Waals surface area (Å²) in [6.07, 6.45) is 0. The fourth-order valence-electron chi connectivity index (χ4n) is 1.83. The van der Waals surface area contributed by atoms with Crippen molar-refractivity contribution in [3.8, 4) is 11.5 Å². The Morgan fingerprint density at radius 3 is 2.52 bits per heavy atom. The van der Waals surface area contributed by atoms with Gasteiger partial charge in [0.05, 0.1) is 15.5 Å². The first-order valence-corrected chi connectivity index (χ1v) is 8.50. The lowest BCUT2D eigenvalue weighted by Crippen LogP contribution is -2.28. The summed E-state index contributed by atoms with van der Waals surface area (Å²) in [6, 6.07) is 13.0. The van der Waals surface area contributed by atoms with Crippen molar-refractivity contribution < 1.29 is 13.2 Å². The summed E-state index contributed by atoms with van der Waals surface area (Å²) in [5.74, 6) is 1.54. The molecule has 2 aromatic carbocycles. The van der Waals surface area contributed by atoms with Crippen LogP contribution in [0.1, 0.15) is 0 Å². The Morgan fingerprint density at radius 1 is 1.05 bits per heavy atom. The van der Waals surface area contributed by atoms with Crippen molar-refractivity contribution in [3.63, 3.8) is 0 Å². The Kier molecular flexibility index (Phi) is 3.56. The third kappa shape index (κ3) is 2.85. The first-order chi connectivity index (χ1) is 9.95. The minimum absolute atomic E-state index is 0.512. The molecule has 3 rings (SSSR count). The van der Waals surface area contributed by atoms with Crippen molar-refractivity contribution in [1.82, 2.24) is 4.31 Å². The summed E-state index contributed by atoms with van der Waals surface area (Å²) in [6.45, 7) is 0. The molecule has 1 aliphatic rings. The van der Waals surface area contributed by atoms with Crippen LogP contribution in [0.2, 0.25) is 0 Å². The fraction of sp³-hybridized carbons (Fsp3) is 0.143. The number of nitrogens with zero attached hydrogens (tertiary/aromatic N) is 1. The molecule has 0 saturated carbocycles. The molecule has 21 heavy (non-hydrogen) atoms. The molecule has 110 valence electrons. The van der Waals surface area contributed by atoms with Crippen LogP contribution < -0.4 is 9.46 Å². The van der Waals surface area contributed by atoms with E-state index in [9.17, 15) is 8.42 Å². The molecule has 0 aliphatic carbocycles. The van der Waals surface area contributed by atoms with Gasteiger partial charge in [-0.1, -0.05) is 23.9 Å². The smallest absolute Gasteiger partial charge is 0.301 e. The zero-order chi connectivity index (χ0) is 15.0. The van der Waals surface area contributed by atoms with Gasteiger partial charge < -0.3 is 4.74 Å². The standard InChI is InChI=1S/C14H14N2O3S2/c1-16(2)21(17,18)15-10-7-8-12-14(9-10)20-13-6-4-3-5-11(13)19-12/h3-9,15H,1-2H3. The minimum atomic E-state index is -3.51. The van der Waals surface area contributed by atoms with E-state index in [2.05, 4.69) is 4.72 Å². The SMILES string of the molecule is CN(C)S(=O)(=O)Nc1ccc2c(c1)Sc1ccccc1O2. The van der Waals surface area contributed by atoms with Gasteiger partial charge in [0.15, 0.2) is 0 Å². The normalized spacial score (nSPS) is 13.3. The molecule has 0 fully saturated rings. The van der Waals surface area contributed by atoms with Crippen LogP contribution in [-0.4, -0.2) is 26.8 Å². The molecular formula is C14H14N2O3S2. The molecule has 0 atom stereocenters. The van der Waals surface area contributed by atoms with Crippen LogP contribution in [0, 0.1) is 0 Å². The summed E-state index contributed by atoms with van der Waals surface area (Å²) in [7, 11) is -0.543. The van der Waals surface area contributed by atoms with Crippen molar-refractivity contribution >= 4 is 27.7 Å². The Balaban J connectivity index is 1.91. The number of rotatable bonds is 3. The van der Waals surface area contributed by atoms with E-state index in [4.69, 9.17) is 4.74 Å². The van der Waals surface area contributed by atoms with E-state index >= 15 is 0 Å². The highest BCUT2D eigenvalue weighted by molar-refractivity contribution is 7.99. The molecule has 0 saturated heterocycles. The van der Waals surface area contributed by atoms with E-state index in [1.54, 1.807) is 30.0 Å². The number of hydrogen-bond acceptors (Lipinski definition) is 4. The van der Waals surface area contributed by atoms with E-state index in [-0.39, 0.29) is 0 Å². The Bertz CT molecular complexity index is 789. The summed E-state index contributed by atoms with van der Waals surface area (Å²) < 4.78 is 33.1. The maximum Gasteiger partial charge on any atom is 0.301 e. The van der Waals surface area contributed by atoms with Gasteiger partial charge in [-0.05, 0) is 30.3 Å². The molecular weight excluding hydrogens is 308 g/mol. The van der Waals surface area contributed by atoms with Crippen LogP contribution in [0.15, 0.2) is 52.3 Å². The third-order valence-electron chi connectivity index (χ3n) is 2.96. The number of fused-ring (bicyclic) bond motifs is 2. The second-order valence-electron chi connectivity index (χ2n) is 4.70. The van der Waals surface area contributed by atoms with Gasteiger partial charge in [0.2, 0.25) is 0 Å². The van der Waals surface area contributed by atoms with Crippen LogP contribution in [0.4, 0.5) is 5.69 Å². The van der Waals surface area contributed by atoms with Gasteiger partial charge in [-0.3, -0.25) is 4.72 Å². The molecule has 0 bridgehead atoms. The number of para-hydroxylation sites is 1. The van der Waals surface area contributed by atoms with Crippen molar-refractivity contribution in [2.45, 2.75) is 9.79 Å². The van der Waals surface area contributed by atoms with E-state index in [1.165, 1.54) is 14.1 Å². The van der Waals surface area contributed by atoms with E-state index in [0.29, 0.717) is 5.69 Å². The molecule has 2 aromatic rings. The Labute approximate surface area is 128 Å². The topological polar surface area (TPSA) is 58.6 Å². The van der Waals surface area contributed by atoms with Gasteiger partial charge in [-0.25, -0.2) is 0 Å². The van der Waals surface area contributed by atoms with Gasteiger partial charge in [0, 0.05) is 14.1 Å². The minimum Gasteiger partial charge on any atom is -0.455 e. The molecule has 0 radical (unpaired) electrons. The van der Waals surface area contributed by atoms with Crippen molar-refractivity contribution in [1.29, 1.82) is 0 Å². The van der Waals surface area contributed by atoms with E-state index in [0.717, 1.165) is 25.6 Å². The highest BCUT2D eigenvalue weighted by Crippen LogP contribution is 2.47. The molecule has 1 N–H and O–H groups in total. The molecule has 0 spiro atoms. The van der Waals surface area contributed by atoms with Gasteiger partial charge in [-0.2, -0.15) is 12.7 Å². The van der Waals surface area contributed by atoms with Crippen molar-refractivity contribution in [2.75, 3.05) is 18.8 Å². The summed E-state index contributed by atoms with van der Waals surface area (Å²) in [5.41, 5.74) is 0.512. The number of anilines is 1. The number of benzene rings is 2. The Hall–Kier alpha value is -1.70. The molecule has 1 aliphatic heterocycles. The first-order valence-electron chi connectivity index (χ1n) is 6.25. The van der Waals surface area contributed by atoms with Crippen molar-refractivity contribution in [3.05, 3.63) is 42.5 Å². The largest absolute Gasteiger partial charge is 0.455 e. The van der Waals surface area contributed by atoms with Crippen LogP contribution in [0.3, 0.4) is 0 Å². The van der Waals surface area contributed by atoms with Gasteiger partial charge in [0.25, 0.3) is 0 Å². The third-order valence-corrected chi connectivity index (χ3v) is 5.51. The lowest BCUT2D eigenvalue weighted by atomic mass is 10.3. The predicted molar refractivity (Wildman–Crippen MR) is 83.3 cm³/mol. The Morgan fingerprint density at radius 2 is 1.76 bits per heavy atom. The maximum absolute atomic E-state index is 11.8.